The summed E-state index contributed by atoms with van der Waals surface area (Å²) < 4.78 is 0. The molecule has 21 heavy (non-hydrogen) atoms. The van der Waals surface area contributed by atoms with Gasteiger partial charge in [0, 0.05) is 15.5 Å². The van der Waals surface area contributed by atoms with Crippen molar-refractivity contribution in [2.75, 3.05) is 5.75 Å². The van der Waals surface area contributed by atoms with Gasteiger partial charge >= 0.3 is 0 Å². The van der Waals surface area contributed by atoms with Gasteiger partial charge in [-0.15, -0.1) is 11.8 Å². The smallest absolute Gasteiger partial charge is 0.174 e. The summed E-state index contributed by atoms with van der Waals surface area (Å²) in [5.74, 6) is 0.419. The topological polar surface area (TPSA) is 17.1 Å². The summed E-state index contributed by atoms with van der Waals surface area (Å²) in [6.07, 6.45) is 3.57. The summed E-state index contributed by atoms with van der Waals surface area (Å²) in [6.45, 7) is 0. The van der Waals surface area contributed by atoms with Gasteiger partial charge in [-0.05, 0) is 60.7 Å². The van der Waals surface area contributed by atoms with E-state index in [4.69, 9.17) is 23.2 Å². The summed E-state index contributed by atoms with van der Waals surface area (Å²) in [5, 5.41) is 0.963. The molecule has 0 saturated heterocycles. The molecule has 4 heteroatoms. The van der Waals surface area contributed by atoms with Crippen LogP contribution in [0, 0.1) is 0 Å². The second-order valence-corrected chi connectivity index (χ2v) is 7.01. The summed E-state index contributed by atoms with van der Waals surface area (Å²) in [7, 11) is 0. The maximum absolute atomic E-state index is 12.2. The molecule has 0 amide bonds. The zero-order chi connectivity index (χ0) is 14.8. The van der Waals surface area contributed by atoms with Crippen LogP contribution < -0.4 is 0 Å². The monoisotopic (exact) mass is 336 g/mol. The summed E-state index contributed by atoms with van der Waals surface area (Å²) in [4.78, 5) is 13.4. The number of fused-ring (bicyclic) bond motifs is 1. The number of carbonyl (C=O) groups excluding carboxylic acids is 1. The van der Waals surface area contributed by atoms with Crippen LogP contribution >= 0.6 is 35.0 Å². The molecule has 1 aliphatic carbocycles. The predicted octanol–water partition coefficient (Wildman–Crippen LogP) is 5.46. The molecule has 2 aromatic carbocycles. The van der Waals surface area contributed by atoms with E-state index < -0.39 is 0 Å². The number of hydrogen-bond donors (Lipinski definition) is 0. The Kier molecular flexibility index (Phi) is 4.58. The lowest BCUT2D eigenvalue weighted by Gasteiger charge is -2.06. The van der Waals surface area contributed by atoms with E-state index in [0.29, 0.717) is 21.4 Å². The van der Waals surface area contributed by atoms with Crippen LogP contribution in [0.4, 0.5) is 0 Å². The molecule has 0 atom stereocenters. The second-order valence-electron chi connectivity index (χ2n) is 5.12. The van der Waals surface area contributed by atoms with E-state index in [1.165, 1.54) is 24.0 Å². The third-order valence-electron chi connectivity index (χ3n) is 3.67. The third-order valence-corrected chi connectivity index (χ3v) is 5.21. The van der Waals surface area contributed by atoms with Gasteiger partial charge in [-0.1, -0.05) is 29.3 Å². The molecular weight excluding hydrogens is 323 g/mol. The highest BCUT2D eigenvalue weighted by molar-refractivity contribution is 8.00. The van der Waals surface area contributed by atoms with Gasteiger partial charge in [-0.2, -0.15) is 0 Å². The predicted molar refractivity (Wildman–Crippen MR) is 90.0 cm³/mol. The van der Waals surface area contributed by atoms with Crippen LogP contribution in [-0.2, 0) is 12.8 Å². The first-order valence-corrected chi connectivity index (χ1v) is 8.60. The number of rotatable bonds is 4. The Balaban J connectivity index is 1.68. The molecule has 0 aromatic heterocycles. The van der Waals surface area contributed by atoms with Crippen molar-refractivity contribution in [1.82, 2.24) is 0 Å². The molecule has 0 aliphatic heterocycles. The van der Waals surface area contributed by atoms with Crippen molar-refractivity contribution in [2.24, 2.45) is 0 Å². The van der Waals surface area contributed by atoms with E-state index in [9.17, 15) is 4.79 Å². The maximum atomic E-state index is 12.2. The minimum Gasteiger partial charge on any atom is -0.293 e. The summed E-state index contributed by atoms with van der Waals surface area (Å²) in [5.41, 5.74) is 3.41. The Labute approximate surface area is 138 Å². The Morgan fingerprint density at radius 3 is 2.67 bits per heavy atom. The van der Waals surface area contributed by atoms with E-state index in [2.05, 4.69) is 18.2 Å². The fraction of sp³-hybridized carbons (Fsp3) is 0.235. The molecule has 0 heterocycles. The number of halogens is 2. The molecule has 3 rings (SSSR count). The van der Waals surface area contributed by atoms with Crippen molar-refractivity contribution in [3.8, 4) is 0 Å². The Morgan fingerprint density at radius 2 is 1.86 bits per heavy atom. The Bertz CT molecular complexity index is 697. The first kappa shape index (κ1) is 15.0. The van der Waals surface area contributed by atoms with Crippen molar-refractivity contribution >= 4 is 40.7 Å². The number of benzene rings is 2. The van der Waals surface area contributed by atoms with Gasteiger partial charge in [0.25, 0.3) is 0 Å². The van der Waals surface area contributed by atoms with E-state index in [1.807, 2.05) is 0 Å². The largest absolute Gasteiger partial charge is 0.293 e. The van der Waals surface area contributed by atoms with Gasteiger partial charge in [0.2, 0.25) is 0 Å². The molecule has 0 saturated carbocycles. The SMILES string of the molecule is O=C(CSc1ccc2c(c1)CCC2)c1ccc(Cl)cc1Cl. The quantitative estimate of drug-likeness (QED) is 0.544. The van der Waals surface area contributed by atoms with Crippen LogP contribution in [0.15, 0.2) is 41.3 Å². The lowest BCUT2D eigenvalue weighted by Crippen LogP contribution is -2.03. The highest BCUT2D eigenvalue weighted by Crippen LogP contribution is 2.29. The van der Waals surface area contributed by atoms with Gasteiger partial charge in [0.05, 0.1) is 10.8 Å². The van der Waals surface area contributed by atoms with Crippen LogP contribution in [0.2, 0.25) is 10.0 Å². The molecule has 0 N–H and O–H groups in total. The van der Waals surface area contributed by atoms with E-state index in [-0.39, 0.29) is 5.78 Å². The highest BCUT2D eigenvalue weighted by atomic mass is 35.5. The fourth-order valence-electron chi connectivity index (χ4n) is 2.58. The van der Waals surface area contributed by atoms with Crippen molar-refractivity contribution in [2.45, 2.75) is 24.2 Å². The molecule has 0 unspecified atom stereocenters. The Morgan fingerprint density at radius 1 is 1.05 bits per heavy atom. The highest BCUT2D eigenvalue weighted by Gasteiger charge is 2.14. The molecule has 108 valence electrons. The number of aryl methyl sites for hydroxylation is 2. The minimum atomic E-state index is 0.0298. The van der Waals surface area contributed by atoms with Crippen molar-refractivity contribution < 1.29 is 4.79 Å². The Hall–Kier alpha value is -0.960. The molecular formula is C17H14Cl2OS. The average Bonchev–Trinajstić information content (AvgIpc) is 2.92. The van der Waals surface area contributed by atoms with Gasteiger partial charge in [-0.25, -0.2) is 0 Å². The molecule has 0 bridgehead atoms. The van der Waals surface area contributed by atoms with Crippen molar-refractivity contribution in [3.63, 3.8) is 0 Å². The van der Waals surface area contributed by atoms with E-state index in [0.717, 1.165) is 11.3 Å². The number of ketones is 1. The molecule has 0 radical (unpaired) electrons. The van der Waals surface area contributed by atoms with Gasteiger partial charge in [0.15, 0.2) is 5.78 Å². The zero-order valence-corrected chi connectivity index (χ0v) is 13.7. The van der Waals surface area contributed by atoms with Gasteiger partial charge in [-0.3, -0.25) is 4.79 Å². The lowest BCUT2D eigenvalue weighted by molar-refractivity contribution is 0.102. The number of Topliss-reactive ketones (excluding diaryl/α,β-unsaturated/α-hetero) is 1. The average molecular weight is 337 g/mol. The number of carbonyl (C=O) groups is 1. The standard InChI is InChI=1S/C17H14Cl2OS/c18-13-5-7-15(16(19)9-13)17(20)10-21-14-6-4-11-2-1-3-12(11)8-14/h4-9H,1-3,10H2. The fourth-order valence-corrected chi connectivity index (χ4v) is 3.94. The lowest BCUT2D eigenvalue weighted by atomic mass is 10.1. The minimum absolute atomic E-state index is 0.0298. The van der Waals surface area contributed by atoms with Crippen LogP contribution in [0.5, 0.6) is 0 Å². The molecule has 1 nitrogen and oxygen atoms in total. The van der Waals surface area contributed by atoms with Crippen LogP contribution in [0.25, 0.3) is 0 Å². The van der Waals surface area contributed by atoms with Crippen LogP contribution in [0.1, 0.15) is 27.9 Å². The molecule has 0 fully saturated rings. The first-order chi connectivity index (χ1) is 10.1. The second kappa shape index (κ2) is 6.43. The summed E-state index contributed by atoms with van der Waals surface area (Å²) in [6, 6.07) is 11.5. The van der Waals surface area contributed by atoms with Crippen LogP contribution in [0.3, 0.4) is 0 Å². The zero-order valence-electron chi connectivity index (χ0n) is 11.4. The first-order valence-electron chi connectivity index (χ1n) is 6.86. The number of thioether (sulfide) groups is 1. The maximum Gasteiger partial charge on any atom is 0.174 e. The van der Waals surface area contributed by atoms with Crippen molar-refractivity contribution in [1.29, 1.82) is 0 Å². The van der Waals surface area contributed by atoms with Gasteiger partial charge < -0.3 is 0 Å². The third kappa shape index (κ3) is 3.45. The van der Waals surface area contributed by atoms with E-state index >= 15 is 0 Å². The molecule has 2 aromatic rings. The van der Waals surface area contributed by atoms with Crippen LogP contribution in [-0.4, -0.2) is 11.5 Å². The van der Waals surface area contributed by atoms with E-state index in [1.54, 1.807) is 30.0 Å². The van der Waals surface area contributed by atoms with Gasteiger partial charge in [0.1, 0.15) is 0 Å². The molecule has 0 spiro atoms. The van der Waals surface area contributed by atoms with Crippen molar-refractivity contribution in [3.05, 3.63) is 63.1 Å². The molecule has 1 aliphatic rings. The summed E-state index contributed by atoms with van der Waals surface area (Å²) >= 11 is 13.5. The number of hydrogen-bond acceptors (Lipinski definition) is 2. The normalized spacial score (nSPS) is 13.2.